The number of aromatic hydroxyl groups is 2. The summed E-state index contributed by atoms with van der Waals surface area (Å²) in [5.74, 6) is -0.276. The predicted molar refractivity (Wildman–Crippen MR) is 140 cm³/mol. The molecule has 5 rings (SSSR count). The topological polar surface area (TPSA) is 107 Å². The fourth-order valence-corrected chi connectivity index (χ4v) is 6.26. The van der Waals surface area contributed by atoms with E-state index >= 15 is 0 Å². The molecule has 0 saturated carbocycles. The van der Waals surface area contributed by atoms with Crippen molar-refractivity contribution >= 4 is 24.8 Å². The quantitative estimate of drug-likeness (QED) is 0.173. The summed E-state index contributed by atoms with van der Waals surface area (Å²) in [6, 6.07) is 9.87. The second kappa shape index (κ2) is 7.68. The van der Waals surface area contributed by atoms with Crippen molar-refractivity contribution in [2.75, 3.05) is 6.61 Å². The van der Waals surface area contributed by atoms with Crippen molar-refractivity contribution in [3.05, 3.63) is 69.8 Å². The second-order valence-electron chi connectivity index (χ2n) is 11.4. The van der Waals surface area contributed by atoms with Crippen LogP contribution in [0.2, 0.25) is 18.1 Å². The lowest BCUT2D eigenvalue weighted by Gasteiger charge is -2.37. The van der Waals surface area contributed by atoms with Gasteiger partial charge in [-0.2, -0.15) is 0 Å². The number of aromatic nitrogens is 1. The Morgan fingerprint density at radius 1 is 1.06 bits per heavy atom. The van der Waals surface area contributed by atoms with Gasteiger partial charge in [0.25, 0.3) is 5.69 Å². The number of rotatable bonds is 6. The van der Waals surface area contributed by atoms with Gasteiger partial charge < -0.3 is 19.4 Å². The Morgan fingerprint density at radius 2 is 1.69 bits per heavy atom. The third kappa shape index (κ3) is 3.33. The Bertz CT molecular complexity index is 1440. The van der Waals surface area contributed by atoms with Gasteiger partial charge in [0.2, 0.25) is 11.8 Å². The van der Waals surface area contributed by atoms with E-state index in [0.29, 0.717) is 40.6 Å². The number of nitrogens with zero attached hydrogens (tertiary/aromatic N) is 2. The van der Waals surface area contributed by atoms with Crippen LogP contribution in [0.4, 0.5) is 5.69 Å². The first kappa shape index (κ1) is 24.5. The minimum atomic E-state index is -1.99. The van der Waals surface area contributed by atoms with Crippen molar-refractivity contribution in [3.8, 4) is 17.4 Å². The summed E-state index contributed by atoms with van der Waals surface area (Å²) in [7, 11) is -1.99. The molecular formula is C27H32N2O6Si. The van der Waals surface area contributed by atoms with Crippen molar-refractivity contribution in [1.82, 2.24) is 4.57 Å². The average Bonchev–Trinajstić information content (AvgIpc) is 3.36. The molecule has 3 aromatic rings. The van der Waals surface area contributed by atoms with Crippen LogP contribution in [0.25, 0.3) is 16.5 Å². The van der Waals surface area contributed by atoms with E-state index < -0.39 is 24.4 Å². The van der Waals surface area contributed by atoms with E-state index in [4.69, 9.17) is 9.16 Å². The molecule has 3 heterocycles. The molecule has 2 N–H and O–H groups in total. The highest BCUT2D eigenvalue weighted by atomic mass is 28.4. The van der Waals surface area contributed by atoms with Crippen molar-refractivity contribution in [2.24, 2.45) is 0 Å². The molecule has 1 aromatic heterocycles. The molecule has 0 radical (unpaired) electrons. The minimum Gasteiger partial charge on any atom is -0.494 e. The second-order valence-corrected chi connectivity index (χ2v) is 16.2. The largest absolute Gasteiger partial charge is 0.494 e. The van der Waals surface area contributed by atoms with Gasteiger partial charge in [-0.15, -0.1) is 0 Å². The first-order valence-corrected chi connectivity index (χ1v) is 15.0. The molecule has 0 saturated heterocycles. The van der Waals surface area contributed by atoms with Gasteiger partial charge in [0, 0.05) is 24.5 Å². The molecule has 0 amide bonds. The Balaban J connectivity index is 1.61. The number of fused-ring (bicyclic) bond motifs is 6. The molecule has 2 aliphatic heterocycles. The Morgan fingerprint density at radius 3 is 2.33 bits per heavy atom. The number of benzene rings is 2. The van der Waals surface area contributed by atoms with Crippen LogP contribution in [-0.2, 0) is 20.4 Å². The van der Waals surface area contributed by atoms with Crippen LogP contribution >= 0.6 is 0 Å². The monoisotopic (exact) mass is 508 g/mol. The summed E-state index contributed by atoms with van der Waals surface area (Å²) in [5, 5.41) is 35.6. The van der Waals surface area contributed by atoms with E-state index in [1.54, 1.807) is 30.3 Å². The summed E-state index contributed by atoms with van der Waals surface area (Å²) in [5.41, 5.74) is -0.393. The van der Waals surface area contributed by atoms with Crippen LogP contribution in [0.15, 0.2) is 48.6 Å². The average molecular weight is 509 g/mol. The summed E-state index contributed by atoms with van der Waals surface area (Å²) in [6.07, 6.45) is 4.34. The number of nitro benzene ring substituents is 1. The fourth-order valence-electron chi connectivity index (χ4n) is 5.21. The van der Waals surface area contributed by atoms with Gasteiger partial charge in [-0.3, -0.25) is 14.7 Å². The highest BCUT2D eigenvalue weighted by Gasteiger charge is 2.58. The maximum atomic E-state index is 11.6. The molecule has 0 spiro atoms. The lowest BCUT2D eigenvalue weighted by molar-refractivity contribution is -0.383. The van der Waals surface area contributed by atoms with E-state index in [-0.39, 0.29) is 22.5 Å². The molecule has 36 heavy (non-hydrogen) atoms. The van der Waals surface area contributed by atoms with Gasteiger partial charge in [0.1, 0.15) is 11.2 Å². The minimum absolute atomic E-state index is 0.0377. The van der Waals surface area contributed by atoms with Crippen LogP contribution in [0.3, 0.4) is 0 Å². The van der Waals surface area contributed by atoms with Gasteiger partial charge in [-0.1, -0.05) is 39.0 Å². The van der Waals surface area contributed by atoms with Crippen LogP contribution < -0.4 is 0 Å². The van der Waals surface area contributed by atoms with Crippen LogP contribution in [0.1, 0.15) is 45.2 Å². The van der Waals surface area contributed by atoms with Crippen molar-refractivity contribution < 1.29 is 24.3 Å². The lowest BCUT2D eigenvalue weighted by Crippen LogP contribution is -2.41. The van der Waals surface area contributed by atoms with Gasteiger partial charge in [-0.05, 0) is 49.3 Å². The highest BCUT2D eigenvalue weighted by Crippen LogP contribution is 2.62. The lowest BCUT2D eigenvalue weighted by atomic mass is 9.83. The highest BCUT2D eigenvalue weighted by molar-refractivity contribution is 6.74. The van der Waals surface area contributed by atoms with Crippen molar-refractivity contribution in [3.63, 3.8) is 0 Å². The molecule has 0 fully saturated rings. The predicted octanol–water partition coefficient (Wildman–Crippen LogP) is 6.37. The summed E-state index contributed by atoms with van der Waals surface area (Å²) in [6.45, 7) is 13.3. The first-order chi connectivity index (χ1) is 16.7. The van der Waals surface area contributed by atoms with E-state index in [9.17, 15) is 20.3 Å². The molecular weight excluding hydrogens is 476 g/mol. The van der Waals surface area contributed by atoms with E-state index in [1.807, 2.05) is 19.1 Å². The number of nitro groups is 1. The smallest absolute Gasteiger partial charge is 0.277 e. The SMILES string of the molecule is CC(C)(C)[Si](C)(C)OCC[C@@]12C=C[C@@](C)(O1)c1c2c(O)n(-c2ccc([N+](=O)[O-])c3ccccc23)c1O. The molecule has 0 aliphatic carbocycles. The van der Waals surface area contributed by atoms with Crippen LogP contribution in [0, 0.1) is 10.1 Å². The van der Waals surface area contributed by atoms with E-state index in [1.165, 1.54) is 10.6 Å². The van der Waals surface area contributed by atoms with Gasteiger partial charge in [0.15, 0.2) is 8.32 Å². The standard InChI is InChI=1S/C27H32N2O6Si/c1-25(2,3)36(5,6)34-16-15-27-14-13-26(4,35-27)21-22(27)24(31)28(23(21)30)19-11-12-20(29(32)33)18-10-8-7-9-17(18)19/h7-14,30-31H,15-16H2,1-6H3/t26-,27-/m1/s1. The van der Waals surface area contributed by atoms with E-state index in [0.717, 1.165) is 0 Å². The van der Waals surface area contributed by atoms with Crippen LogP contribution in [-0.4, -0.2) is 34.6 Å². The van der Waals surface area contributed by atoms with Crippen LogP contribution in [0.5, 0.6) is 11.8 Å². The maximum absolute atomic E-state index is 11.6. The number of ether oxygens (including phenoxy) is 1. The van der Waals surface area contributed by atoms with Gasteiger partial charge >= 0.3 is 0 Å². The molecule has 2 aromatic carbocycles. The zero-order valence-electron chi connectivity index (χ0n) is 21.5. The molecule has 2 aliphatic rings. The van der Waals surface area contributed by atoms with Crippen molar-refractivity contribution in [1.29, 1.82) is 0 Å². The van der Waals surface area contributed by atoms with Gasteiger partial charge in [0.05, 0.1) is 27.1 Å². The maximum Gasteiger partial charge on any atom is 0.277 e. The zero-order chi connectivity index (χ0) is 26.3. The Hall–Kier alpha value is -3.14. The molecule has 2 atom stereocenters. The fraction of sp³-hybridized carbons (Fsp3) is 0.407. The summed E-state index contributed by atoms with van der Waals surface area (Å²) < 4.78 is 14.2. The zero-order valence-corrected chi connectivity index (χ0v) is 22.5. The summed E-state index contributed by atoms with van der Waals surface area (Å²) >= 11 is 0. The number of hydrogen-bond donors (Lipinski definition) is 2. The normalized spacial score (nSPS) is 22.9. The third-order valence-corrected chi connectivity index (χ3v) is 12.7. The molecule has 9 heteroatoms. The number of non-ortho nitro benzene ring substituents is 1. The van der Waals surface area contributed by atoms with Gasteiger partial charge in [-0.25, -0.2) is 0 Å². The Kier molecular flexibility index (Phi) is 5.23. The Labute approximate surface area is 211 Å². The summed E-state index contributed by atoms with van der Waals surface area (Å²) in [4.78, 5) is 11.2. The molecule has 8 nitrogen and oxygen atoms in total. The third-order valence-electron chi connectivity index (χ3n) is 8.16. The molecule has 2 bridgehead atoms. The van der Waals surface area contributed by atoms with Crippen molar-refractivity contribution in [2.45, 2.75) is 63.5 Å². The van der Waals surface area contributed by atoms with E-state index in [2.05, 4.69) is 33.9 Å². The number of hydrogen-bond acceptors (Lipinski definition) is 6. The molecule has 190 valence electrons. The molecule has 0 unspecified atom stereocenters. The first-order valence-electron chi connectivity index (χ1n) is 12.1.